The summed E-state index contributed by atoms with van der Waals surface area (Å²) in [4.78, 5) is 0. The Morgan fingerprint density at radius 2 is 0.975 bits per heavy atom. The fourth-order valence-electron chi connectivity index (χ4n) is 6.05. The van der Waals surface area contributed by atoms with E-state index in [1.54, 1.807) is 0 Å². The van der Waals surface area contributed by atoms with E-state index in [0.29, 0.717) is 0 Å². The Kier molecular flexibility index (Phi) is 13.6. The molecule has 0 spiro atoms. The third-order valence-electron chi connectivity index (χ3n) is 8.57. The smallest absolute Gasteiger partial charge is 1.00 e. The second kappa shape index (κ2) is 13.9. The van der Waals surface area contributed by atoms with Gasteiger partial charge in [-0.05, 0) is 37.5 Å². The van der Waals surface area contributed by atoms with Gasteiger partial charge in [-0.25, -0.2) is 5.57 Å². The van der Waals surface area contributed by atoms with Gasteiger partial charge in [-0.3, -0.25) is 6.08 Å². The van der Waals surface area contributed by atoms with Gasteiger partial charge in [-0.1, -0.05) is 146 Å². The molecule has 0 bridgehead atoms. The molecule has 212 valence electrons. The Morgan fingerprint density at radius 3 is 1.27 bits per heavy atom. The second-order valence-electron chi connectivity index (χ2n) is 12.9. The number of hydrogen-bond donors (Lipinski definition) is 0. The normalized spacial score (nSPS) is 17.1. The number of benzene rings is 3. The number of halogens is 3. The van der Waals surface area contributed by atoms with Crippen molar-refractivity contribution in [1.29, 1.82) is 0 Å². The van der Waals surface area contributed by atoms with Crippen molar-refractivity contribution >= 4 is 23.6 Å². The minimum atomic E-state index is -2.67. The number of rotatable bonds is 4. The van der Waals surface area contributed by atoms with Crippen LogP contribution >= 0.6 is 0 Å². The summed E-state index contributed by atoms with van der Waals surface area (Å²) in [5.74, 6) is 0. The average molecular weight is 646 g/mol. The molecule has 0 fully saturated rings. The number of hydrogen-bond acceptors (Lipinski definition) is 0. The molecule has 5 heteroatoms. The van der Waals surface area contributed by atoms with Gasteiger partial charge >= 0.3 is 21.7 Å². The molecule has 1 atom stereocenters. The van der Waals surface area contributed by atoms with Crippen LogP contribution in [0.2, 0.25) is 5.04 Å². The standard InChI is InChI=1S/C35H43Si.3ClH.Ti/c1-25-24-35(10,27(3)26(25)2)36(30-17-13-11-14-18-30,31-19-15-12-16-20-31)32-22-28(33(4,5)6)21-29(23-32)34(7,8)9;;;;/h11-23H,1-10H3;3*1H;/q-1;;;;+4/p-3. The van der Waals surface area contributed by atoms with Crippen molar-refractivity contribution < 1.29 is 58.9 Å². The van der Waals surface area contributed by atoms with E-state index in [4.69, 9.17) is 0 Å². The first-order valence-corrected chi connectivity index (χ1v) is 15.3. The summed E-state index contributed by atoms with van der Waals surface area (Å²) in [5, 5.41) is 4.15. The van der Waals surface area contributed by atoms with E-state index in [2.05, 4.69) is 154 Å². The van der Waals surface area contributed by atoms with E-state index in [9.17, 15) is 0 Å². The topological polar surface area (TPSA) is 0 Å². The maximum Gasteiger partial charge on any atom is 4.00 e. The van der Waals surface area contributed by atoms with Crippen LogP contribution in [0.4, 0.5) is 0 Å². The van der Waals surface area contributed by atoms with Gasteiger partial charge < -0.3 is 37.2 Å². The van der Waals surface area contributed by atoms with Crippen LogP contribution < -0.4 is 52.8 Å². The zero-order chi connectivity index (χ0) is 26.5. The molecule has 1 unspecified atom stereocenters. The molecule has 0 aliphatic heterocycles. The van der Waals surface area contributed by atoms with E-state index in [0.717, 1.165) is 0 Å². The van der Waals surface area contributed by atoms with Crippen molar-refractivity contribution in [2.45, 2.75) is 85.1 Å². The molecule has 0 aromatic heterocycles. The Balaban J connectivity index is 0.00000380. The first-order chi connectivity index (χ1) is 16.7. The van der Waals surface area contributed by atoms with Crippen molar-refractivity contribution in [3.63, 3.8) is 0 Å². The monoisotopic (exact) mass is 644 g/mol. The van der Waals surface area contributed by atoms with Crippen LogP contribution in [0.25, 0.3) is 0 Å². The Labute approximate surface area is 278 Å². The predicted octanol–water partition coefficient (Wildman–Crippen LogP) is -1.38. The first kappa shape index (κ1) is 38.9. The zero-order valence-electron chi connectivity index (χ0n) is 25.6. The fourth-order valence-corrected chi connectivity index (χ4v) is 12.0. The van der Waals surface area contributed by atoms with E-state index in [-0.39, 0.29) is 74.8 Å². The van der Waals surface area contributed by atoms with Crippen molar-refractivity contribution in [2.24, 2.45) is 0 Å². The number of allylic oxidation sites excluding steroid dienone is 4. The Hall–Kier alpha value is -1.06. The molecule has 0 radical (unpaired) electrons. The maximum absolute atomic E-state index is 4.09. The van der Waals surface area contributed by atoms with E-state index in [1.165, 1.54) is 43.4 Å². The summed E-state index contributed by atoms with van der Waals surface area (Å²) in [7, 11) is -2.67. The molecule has 0 nitrogen and oxygen atoms in total. The first-order valence-electron chi connectivity index (χ1n) is 13.3. The SMILES string of the molecule is CC1=[C-]C(C)([Si](c2ccccc2)(c2ccccc2)c2cc(C(C)(C)C)cc(C(C)(C)C)c2)C(C)=C1C.[Cl-].[Cl-].[Cl-].[Ti+4]. The van der Waals surface area contributed by atoms with Crippen molar-refractivity contribution in [1.82, 2.24) is 0 Å². The summed E-state index contributed by atoms with van der Waals surface area (Å²) in [6, 6.07) is 30.2. The molecule has 1 aliphatic carbocycles. The summed E-state index contributed by atoms with van der Waals surface area (Å²) in [5.41, 5.74) is 7.07. The second-order valence-corrected chi connectivity index (χ2v) is 17.1. The van der Waals surface area contributed by atoms with Crippen LogP contribution in [0.5, 0.6) is 0 Å². The van der Waals surface area contributed by atoms with E-state index in [1.807, 2.05) is 0 Å². The molecule has 1 aliphatic rings. The van der Waals surface area contributed by atoms with Crippen LogP contribution in [-0.2, 0) is 32.5 Å². The molecule has 0 N–H and O–H groups in total. The third kappa shape index (κ3) is 6.61. The molecule has 0 saturated heterocycles. The molecule has 4 rings (SSSR count). The zero-order valence-corrected chi connectivity index (χ0v) is 30.5. The molecular weight excluding hydrogens is 603 g/mol. The van der Waals surface area contributed by atoms with Crippen LogP contribution in [0, 0.1) is 6.08 Å². The summed E-state index contributed by atoms with van der Waals surface area (Å²) >= 11 is 0. The molecule has 0 heterocycles. The third-order valence-corrected chi connectivity index (χ3v) is 14.1. The van der Waals surface area contributed by atoms with Gasteiger partial charge in [0.05, 0.1) is 0 Å². The maximum atomic E-state index is 4.09. The van der Waals surface area contributed by atoms with Gasteiger partial charge in [0.1, 0.15) is 8.07 Å². The van der Waals surface area contributed by atoms with Crippen LogP contribution in [-0.4, -0.2) is 8.07 Å². The molecular formula is C35H43Cl3SiTi. The van der Waals surface area contributed by atoms with Crippen LogP contribution in [0.3, 0.4) is 0 Å². The molecule has 0 amide bonds. The largest absolute Gasteiger partial charge is 4.00 e. The Morgan fingerprint density at radius 1 is 0.600 bits per heavy atom. The summed E-state index contributed by atoms with van der Waals surface area (Å²) in [6.07, 6.45) is 4.09. The molecule has 40 heavy (non-hydrogen) atoms. The summed E-state index contributed by atoms with van der Waals surface area (Å²) in [6.45, 7) is 23.4. The van der Waals surface area contributed by atoms with Gasteiger partial charge in [-0.15, -0.1) is 6.92 Å². The quantitative estimate of drug-likeness (QED) is 0.187. The summed E-state index contributed by atoms with van der Waals surface area (Å²) < 4.78 is 0. The average Bonchev–Trinajstić information content (AvgIpc) is 3.03. The predicted molar refractivity (Wildman–Crippen MR) is 161 cm³/mol. The molecule has 0 saturated carbocycles. The van der Waals surface area contributed by atoms with Gasteiger partial charge in [0.15, 0.2) is 0 Å². The van der Waals surface area contributed by atoms with Crippen molar-refractivity contribution in [3.05, 3.63) is 113 Å². The van der Waals surface area contributed by atoms with E-state index < -0.39 is 8.07 Å². The van der Waals surface area contributed by atoms with Gasteiger partial charge in [0.2, 0.25) is 0 Å². The van der Waals surface area contributed by atoms with Crippen molar-refractivity contribution in [2.75, 3.05) is 0 Å². The van der Waals surface area contributed by atoms with Crippen molar-refractivity contribution in [3.8, 4) is 0 Å². The minimum absolute atomic E-state index is 0. The van der Waals surface area contributed by atoms with Crippen LogP contribution in [0.1, 0.15) is 80.4 Å². The van der Waals surface area contributed by atoms with Crippen LogP contribution in [0.15, 0.2) is 95.6 Å². The van der Waals surface area contributed by atoms with Gasteiger partial charge in [0.25, 0.3) is 0 Å². The molecule has 3 aromatic carbocycles. The molecule has 3 aromatic rings. The fraction of sp³-hybridized carbons (Fsp3) is 0.371. The van der Waals surface area contributed by atoms with Gasteiger partial charge in [-0.2, -0.15) is 11.1 Å². The Bertz CT molecular complexity index is 1260. The van der Waals surface area contributed by atoms with E-state index >= 15 is 0 Å². The minimum Gasteiger partial charge on any atom is -1.00 e. The van der Waals surface area contributed by atoms with Gasteiger partial charge in [0, 0.05) is 0 Å².